The third-order valence-electron chi connectivity index (χ3n) is 2.83. The van der Waals surface area contributed by atoms with Crippen molar-refractivity contribution in [2.45, 2.75) is 19.4 Å². The van der Waals surface area contributed by atoms with Gasteiger partial charge in [0.05, 0.1) is 29.4 Å². The van der Waals surface area contributed by atoms with E-state index in [1.807, 2.05) is 0 Å². The van der Waals surface area contributed by atoms with Crippen LogP contribution in [0.25, 0.3) is 0 Å². The topological polar surface area (TPSA) is 89.3 Å². The molecule has 0 radical (unpaired) electrons. The van der Waals surface area contributed by atoms with Gasteiger partial charge in [-0.15, -0.1) is 0 Å². The quantitative estimate of drug-likeness (QED) is 0.805. The maximum atomic E-state index is 11.3. The number of carboxylic acids is 1. The number of aromatic carboxylic acids is 1. The molecule has 2 heterocycles. The van der Waals surface area contributed by atoms with E-state index in [1.54, 1.807) is 6.92 Å². The van der Waals surface area contributed by atoms with Gasteiger partial charge in [-0.05, 0) is 13.3 Å². The summed E-state index contributed by atoms with van der Waals surface area (Å²) in [5.74, 6) is -0.835. The average Bonchev–Trinajstić information content (AvgIpc) is 2.69. The molecular weight excluding hydrogens is 232 g/mol. The first-order chi connectivity index (χ1) is 7.41. The van der Waals surface area contributed by atoms with Crippen LogP contribution in [-0.4, -0.2) is 40.8 Å². The minimum Gasteiger partial charge on any atom is -0.478 e. The molecule has 6 nitrogen and oxygen atoms in total. The number of carbonyl (C=O) groups is 1. The number of hydrogen-bond acceptors (Lipinski definition) is 4. The van der Waals surface area contributed by atoms with Gasteiger partial charge >= 0.3 is 5.97 Å². The van der Waals surface area contributed by atoms with Crippen LogP contribution in [0.1, 0.15) is 28.5 Å². The van der Waals surface area contributed by atoms with Crippen LogP contribution in [0.2, 0.25) is 0 Å². The summed E-state index contributed by atoms with van der Waals surface area (Å²) < 4.78 is 24.1. The zero-order valence-corrected chi connectivity index (χ0v) is 9.57. The number of carboxylic acid groups (broad SMARTS) is 1. The lowest BCUT2D eigenvalue weighted by Crippen LogP contribution is -2.14. The Balaban J connectivity index is 2.33. The van der Waals surface area contributed by atoms with Crippen LogP contribution >= 0.6 is 0 Å². The summed E-state index contributed by atoms with van der Waals surface area (Å²) in [5, 5.41) is 12.8. The van der Waals surface area contributed by atoms with Crippen molar-refractivity contribution in [3.8, 4) is 0 Å². The van der Waals surface area contributed by atoms with Gasteiger partial charge in [-0.2, -0.15) is 5.10 Å². The van der Waals surface area contributed by atoms with Gasteiger partial charge in [-0.1, -0.05) is 0 Å². The Labute approximate surface area is 92.8 Å². The zero-order valence-electron chi connectivity index (χ0n) is 8.75. The summed E-state index contributed by atoms with van der Waals surface area (Å²) >= 11 is 0. The van der Waals surface area contributed by atoms with Crippen molar-refractivity contribution >= 4 is 15.8 Å². The maximum absolute atomic E-state index is 11.3. The predicted octanol–water partition coefficient (Wildman–Crippen LogP) is 0.249. The van der Waals surface area contributed by atoms with Gasteiger partial charge in [0.25, 0.3) is 0 Å². The molecule has 1 aliphatic heterocycles. The van der Waals surface area contributed by atoms with E-state index in [0.29, 0.717) is 12.1 Å². The lowest BCUT2D eigenvalue weighted by molar-refractivity contribution is 0.0696. The first kappa shape index (κ1) is 11.1. The normalized spacial score (nSPS) is 23.4. The molecule has 88 valence electrons. The van der Waals surface area contributed by atoms with Gasteiger partial charge in [-0.3, -0.25) is 4.68 Å². The molecule has 0 aromatic carbocycles. The van der Waals surface area contributed by atoms with E-state index in [2.05, 4.69) is 5.10 Å². The smallest absolute Gasteiger partial charge is 0.339 e. The second-order valence-corrected chi connectivity index (χ2v) is 6.18. The van der Waals surface area contributed by atoms with Crippen LogP contribution in [0.4, 0.5) is 0 Å². The van der Waals surface area contributed by atoms with E-state index in [9.17, 15) is 13.2 Å². The van der Waals surface area contributed by atoms with Crippen LogP contribution in [0.3, 0.4) is 0 Å². The Hall–Kier alpha value is -1.37. The lowest BCUT2D eigenvalue weighted by atomic mass is 10.2. The van der Waals surface area contributed by atoms with Crippen LogP contribution < -0.4 is 0 Å². The number of rotatable bonds is 2. The Morgan fingerprint density at radius 2 is 2.31 bits per heavy atom. The second kappa shape index (κ2) is 3.58. The van der Waals surface area contributed by atoms with Gasteiger partial charge in [0.15, 0.2) is 9.84 Å². The van der Waals surface area contributed by atoms with E-state index in [4.69, 9.17) is 5.11 Å². The highest BCUT2D eigenvalue weighted by Gasteiger charge is 2.31. The molecule has 0 bridgehead atoms. The molecule has 16 heavy (non-hydrogen) atoms. The Morgan fingerprint density at radius 1 is 1.62 bits per heavy atom. The lowest BCUT2D eigenvalue weighted by Gasteiger charge is -2.10. The van der Waals surface area contributed by atoms with E-state index in [1.165, 1.54) is 10.9 Å². The number of aromatic nitrogens is 2. The molecule has 0 unspecified atom stereocenters. The summed E-state index contributed by atoms with van der Waals surface area (Å²) in [5.41, 5.74) is 0.638. The van der Waals surface area contributed by atoms with E-state index in [-0.39, 0.29) is 23.1 Å². The first-order valence-corrected chi connectivity index (χ1v) is 6.70. The Bertz CT molecular complexity index is 532. The van der Waals surface area contributed by atoms with E-state index >= 15 is 0 Å². The molecule has 1 aromatic rings. The summed E-state index contributed by atoms with van der Waals surface area (Å²) in [4.78, 5) is 10.8. The van der Waals surface area contributed by atoms with Crippen molar-refractivity contribution in [1.82, 2.24) is 9.78 Å². The molecule has 1 fully saturated rings. The molecule has 1 N–H and O–H groups in total. The summed E-state index contributed by atoms with van der Waals surface area (Å²) in [6, 6.07) is -0.224. The van der Waals surface area contributed by atoms with Crippen molar-refractivity contribution in [2.75, 3.05) is 11.5 Å². The fourth-order valence-electron chi connectivity index (χ4n) is 1.97. The fraction of sp³-hybridized carbons (Fsp3) is 0.556. The molecule has 1 aromatic heterocycles. The molecule has 1 saturated heterocycles. The molecule has 1 aliphatic rings. The average molecular weight is 244 g/mol. The molecule has 0 spiro atoms. The highest BCUT2D eigenvalue weighted by molar-refractivity contribution is 7.91. The predicted molar refractivity (Wildman–Crippen MR) is 56.2 cm³/mol. The SMILES string of the molecule is Cc1c(C(=O)O)cnn1[C@H]1CCS(=O)(=O)C1. The van der Waals surface area contributed by atoms with Gasteiger partial charge < -0.3 is 5.11 Å². The van der Waals surface area contributed by atoms with Crippen molar-refractivity contribution in [2.24, 2.45) is 0 Å². The maximum Gasteiger partial charge on any atom is 0.339 e. The van der Waals surface area contributed by atoms with Gasteiger partial charge in [0.2, 0.25) is 0 Å². The molecule has 7 heteroatoms. The highest BCUT2D eigenvalue weighted by Crippen LogP contribution is 2.25. The van der Waals surface area contributed by atoms with Crippen LogP contribution in [0.5, 0.6) is 0 Å². The van der Waals surface area contributed by atoms with Crippen molar-refractivity contribution in [3.63, 3.8) is 0 Å². The molecule has 0 aliphatic carbocycles. The second-order valence-electron chi connectivity index (χ2n) is 3.95. The summed E-state index contributed by atoms with van der Waals surface area (Å²) in [7, 11) is -2.98. The summed E-state index contributed by atoms with van der Waals surface area (Å²) in [6.45, 7) is 1.64. The third kappa shape index (κ3) is 1.82. The minimum atomic E-state index is -2.98. The van der Waals surface area contributed by atoms with Gasteiger partial charge in [-0.25, -0.2) is 13.2 Å². The molecule has 0 amide bonds. The van der Waals surface area contributed by atoms with Gasteiger partial charge in [0, 0.05) is 0 Å². The number of hydrogen-bond donors (Lipinski definition) is 1. The molecular formula is C9H12N2O4S. The zero-order chi connectivity index (χ0) is 11.9. The molecule has 2 rings (SSSR count). The van der Waals surface area contributed by atoms with E-state index < -0.39 is 15.8 Å². The molecule has 0 saturated carbocycles. The largest absolute Gasteiger partial charge is 0.478 e. The molecule has 1 atom stereocenters. The van der Waals surface area contributed by atoms with Crippen LogP contribution in [0, 0.1) is 6.92 Å². The standard InChI is InChI=1S/C9H12N2O4S/c1-6-8(9(12)13)4-10-11(6)7-2-3-16(14,15)5-7/h4,7H,2-3,5H2,1H3,(H,12,13)/t7-/m0/s1. The van der Waals surface area contributed by atoms with Crippen molar-refractivity contribution < 1.29 is 18.3 Å². The van der Waals surface area contributed by atoms with E-state index in [0.717, 1.165) is 0 Å². The fourth-order valence-corrected chi connectivity index (χ4v) is 3.66. The van der Waals surface area contributed by atoms with Crippen LogP contribution in [0.15, 0.2) is 6.20 Å². The Kier molecular flexibility index (Phi) is 2.49. The number of sulfone groups is 1. The van der Waals surface area contributed by atoms with Crippen molar-refractivity contribution in [3.05, 3.63) is 17.5 Å². The highest BCUT2D eigenvalue weighted by atomic mass is 32.2. The summed E-state index contributed by atoms with van der Waals surface area (Å²) in [6.07, 6.45) is 1.77. The van der Waals surface area contributed by atoms with Gasteiger partial charge in [0.1, 0.15) is 5.56 Å². The minimum absolute atomic E-state index is 0.0502. The number of nitrogens with zero attached hydrogens (tertiary/aromatic N) is 2. The first-order valence-electron chi connectivity index (χ1n) is 4.88. The monoisotopic (exact) mass is 244 g/mol. The third-order valence-corrected chi connectivity index (χ3v) is 4.58. The Morgan fingerprint density at radius 3 is 2.75 bits per heavy atom. The van der Waals surface area contributed by atoms with Crippen LogP contribution in [-0.2, 0) is 9.84 Å². The van der Waals surface area contributed by atoms with Crippen molar-refractivity contribution in [1.29, 1.82) is 0 Å².